The zero-order valence-corrected chi connectivity index (χ0v) is 11.2. The minimum atomic E-state index is -2.80. The van der Waals surface area contributed by atoms with E-state index in [1.54, 1.807) is 6.92 Å². The van der Waals surface area contributed by atoms with Gasteiger partial charge in [-0.1, -0.05) is 13.3 Å². The summed E-state index contributed by atoms with van der Waals surface area (Å²) in [6.07, 6.45) is 5.86. The highest BCUT2D eigenvalue weighted by Gasteiger charge is 2.25. The van der Waals surface area contributed by atoms with Crippen LogP contribution < -0.4 is 5.32 Å². The van der Waals surface area contributed by atoms with Crippen molar-refractivity contribution in [3.63, 3.8) is 0 Å². The van der Waals surface area contributed by atoms with E-state index in [4.69, 9.17) is 0 Å². The second kappa shape index (κ2) is 6.11. The van der Waals surface area contributed by atoms with Crippen LogP contribution in [0.15, 0.2) is 0 Å². The third-order valence-electron chi connectivity index (χ3n) is 3.01. The monoisotopic (exact) mass is 251 g/mol. The molecule has 15 heavy (non-hydrogen) atoms. The zero-order valence-electron chi connectivity index (χ0n) is 9.53. The van der Waals surface area contributed by atoms with Crippen LogP contribution >= 0.6 is 11.8 Å². The Labute approximate surface area is 97.3 Å². The Morgan fingerprint density at radius 2 is 2.13 bits per heavy atom. The number of hydrogen-bond donors (Lipinski definition) is 1. The van der Waals surface area contributed by atoms with Gasteiger partial charge < -0.3 is 5.32 Å². The fourth-order valence-corrected chi connectivity index (χ4v) is 3.67. The van der Waals surface area contributed by atoms with Gasteiger partial charge in [-0.2, -0.15) is 11.8 Å². The summed E-state index contributed by atoms with van der Waals surface area (Å²) in [7, 11) is -2.80. The van der Waals surface area contributed by atoms with Gasteiger partial charge in [0.25, 0.3) is 0 Å². The van der Waals surface area contributed by atoms with Crippen LogP contribution in [-0.2, 0) is 9.84 Å². The van der Waals surface area contributed by atoms with Gasteiger partial charge >= 0.3 is 0 Å². The van der Waals surface area contributed by atoms with Gasteiger partial charge in [-0.25, -0.2) is 8.42 Å². The Morgan fingerprint density at radius 3 is 2.73 bits per heavy atom. The largest absolute Gasteiger partial charge is 0.312 e. The highest BCUT2D eigenvalue weighted by atomic mass is 32.2. The van der Waals surface area contributed by atoms with Gasteiger partial charge in [-0.05, 0) is 19.1 Å². The normalized spacial score (nSPS) is 27.1. The number of hydrogen-bond acceptors (Lipinski definition) is 4. The topological polar surface area (TPSA) is 46.2 Å². The lowest BCUT2D eigenvalue weighted by molar-refractivity contribution is 0.543. The van der Waals surface area contributed by atoms with Crippen LogP contribution in [-0.4, -0.2) is 44.0 Å². The molecule has 0 aromatic rings. The lowest BCUT2D eigenvalue weighted by atomic mass is 10.2. The maximum Gasteiger partial charge on any atom is 0.151 e. The summed E-state index contributed by atoms with van der Waals surface area (Å²) >= 11 is 1.89. The predicted octanol–water partition coefficient (Wildman–Crippen LogP) is 1.29. The predicted molar refractivity (Wildman–Crippen MR) is 67.3 cm³/mol. The van der Waals surface area contributed by atoms with Crippen molar-refractivity contribution in [2.24, 2.45) is 0 Å². The molecule has 1 rings (SSSR count). The van der Waals surface area contributed by atoms with Gasteiger partial charge in [0.2, 0.25) is 0 Å². The number of nitrogens with one attached hydrogen (secondary N) is 1. The van der Waals surface area contributed by atoms with Crippen LogP contribution in [0.3, 0.4) is 0 Å². The third-order valence-corrected chi connectivity index (χ3v) is 5.89. The highest BCUT2D eigenvalue weighted by Crippen LogP contribution is 2.28. The van der Waals surface area contributed by atoms with Gasteiger partial charge in [0.05, 0.1) is 5.75 Å². The Bertz CT molecular complexity index is 277. The minimum Gasteiger partial charge on any atom is -0.312 e. The molecule has 3 nitrogen and oxygen atoms in total. The molecule has 1 aliphatic rings. The SMILES string of the molecule is CCS(=O)(=O)CCNC1CCCC1SC. The summed E-state index contributed by atoms with van der Waals surface area (Å²) in [5, 5.41) is 4.05. The highest BCUT2D eigenvalue weighted by molar-refractivity contribution is 7.99. The van der Waals surface area contributed by atoms with Gasteiger partial charge in [0, 0.05) is 23.6 Å². The lowest BCUT2D eigenvalue weighted by Crippen LogP contribution is -2.37. The number of sulfone groups is 1. The molecule has 1 aliphatic carbocycles. The van der Waals surface area contributed by atoms with E-state index in [9.17, 15) is 8.42 Å². The van der Waals surface area contributed by atoms with Crippen LogP contribution in [0, 0.1) is 0 Å². The molecule has 2 unspecified atom stereocenters. The first kappa shape index (κ1) is 13.3. The smallest absolute Gasteiger partial charge is 0.151 e. The standard InChI is InChI=1S/C10H21NO2S2/c1-3-15(12,13)8-7-11-9-5-4-6-10(9)14-2/h9-11H,3-8H2,1-2H3. The molecular formula is C10H21NO2S2. The molecule has 0 aromatic carbocycles. The molecule has 0 spiro atoms. The summed E-state index contributed by atoms with van der Waals surface area (Å²) < 4.78 is 22.6. The maximum absolute atomic E-state index is 11.3. The fraction of sp³-hybridized carbons (Fsp3) is 1.00. The lowest BCUT2D eigenvalue weighted by Gasteiger charge is -2.18. The van der Waals surface area contributed by atoms with E-state index in [1.165, 1.54) is 19.3 Å². The van der Waals surface area contributed by atoms with E-state index in [1.807, 2.05) is 11.8 Å². The van der Waals surface area contributed by atoms with Crippen molar-refractivity contribution in [3.8, 4) is 0 Å². The Morgan fingerprint density at radius 1 is 1.40 bits per heavy atom. The van der Waals surface area contributed by atoms with E-state index in [0.717, 1.165) is 0 Å². The van der Waals surface area contributed by atoms with Gasteiger partial charge in [0.15, 0.2) is 9.84 Å². The molecule has 0 aliphatic heterocycles. The molecule has 0 amide bonds. The first-order valence-corrected chi connectivity index (χ1v) is 8.66. The van der Waals surface area contributed by atoms with Crippen molar-refractivity contribution in [1.82, 2.24) is 5.32 Å². The fourth-order valence-electron chi connectivity index (χ4n) is 1.99. The Kier molecular flexibility index (Phi) is 5.43. The quantitative estimate of drug-likeness (QED) is 0.773. The van der Waals surface area contributed by atoms with Crippen molar-refractivity contribution >= 4 is 21.6 Å². The first-order valence-electron chi connectivity index (χ1n) is 5.55. The summed E-state index contributed by atoms with van der Waals surface area (Å²) in [4.78, 5) is 0. The summed E-state index contributed by atoms with van der Waals surface area (Å²) in [5.41, 5.74) is 0. The second-order valence-corrected chi connectivity index (χ2v) is 7.55. The molecule has 0 heterocycles. The van der Waals surface area contributed by atoms with Crippen molar-refractivity contribution in [3.05, 3.63) is 0 Å². The first-order chi connectivity index (χ1) is 7.09. The summed E-state index contributed by atoms with van der Waals surface area (Å²) in [5.74, 6) is 0.534. The molecule has 5 heteroatoms. The molecule has 0 bridgehead atoms. The van der Waals surface area contributed by atoms with Gasteiger partial charge in [-0.15, -0.1) is 0 Å². The van der Waals surface area contributed by atoms with Crippen LogP contribution in [0.25, 0.3) is 0 Å². The molecule has 0 radical (unpaired) electrons. The average Bonchev–Trinajstić information content (AvgIpc) is 2.65. The van der Waals surface area contributed by atoms with Crippen LogP contribution in [0.4, 0.5) is 0 Å². The van der Waals surface area contributed by atoms with Crippen LogP contribution in [0.1, 0.15) is 26.2 Å². The minimum absolute atomic E-state index is 0.255. The molecule has 1 N–H and O–H groups in total. The van der Waals surface area contributed by atoms with Gasteiger partial charge in [-0.3, -0.25) is 0 Å². The Hall–Kier alpha value is 0.260. The second-order valence-electron chi connectivity index (χ2n) is 4.00. The maximum atomic E-state index is 11.3. The van der Waals surface area contributed by atoms with Crippen molar-refractivity contribution in [1.29, 1.82) is 0 Å². The molecule has 2 atom stereocenters. The van der Waals surface area contributed by atoms with Crippen LogP contribution in [0.5, 0.6) is 0 Å². The zero-order chi connectivity index (χ0) is 11.3. The van der Waals surface area contributed by atoms with E-state index >= 15 is 0 Å². The van der Waals surface area contributed by atoms with E-state index < -0.39 is 9.84 Å². The third kappa shape index (κ3) is 4.33. The number of thioether (sulfide) groups is 1. The Balaban J connectivity index is 2.25. The van der Waals surface area contributed by atoms with Gasteiger partial charge in [0.1, 0.15) is 0 Å². The summed E-state index contributed by atoms with van der Waals surface area (Å²) in [6.45, 7) is 2.31. The van der Waals surface area contributed by atoms with Crippen LogP contribution in [0.2, 0.25) is 0 Å². The van der Waals surface area contributed by atoms with Crippen molar-refractivity contribution < 1.29 is 8.42 Å². The van der Waals surface area contributed by atoms with Crippen molar-refractivity contribution in [2.75, 3.05) is 24.3 Å². The van der Waals surface area contributed by atoms with Crippen molar-refractivity contribution in [2.45, 2.75) is 37.5 Å². The molecule has 90 valence electrons. The summed E-state index contributed by atoms with van der Waals surface area (Å²) in [6, 6.07) is 0.520. The molecular weight excluding hydrogens is 230 g/mol. The van der Waals surface area contributed by atoms with E-state index in [2.05, 4.69) is 11.6 Å². The average molecular weight is 251 g/mol. The molecule has 0 saturated heterocycles. The molecule has 1 fully saturated rings. The molecule has 0 aromatic heterocycles. The van der Waals surface area contributed by atoms with E-state index in [0.29, 0.717) is 17.8 Å². The molecule has 1 saturated carbocycles. The number of rotatable bonds is 6. The van der Waals surface area contributed by atoms with E-state index in [-0.39, 0.29) is 11.5 Å².